The van der Waals surface area contributed by atoms with Crippen LogP contribution >= 0.6 is 0 Å². The van der Waals surface area contributed by atoms with Crippen molar-refractivity contribution in [2.24, 2.45) is 5.73 Å². The molecular formula is C9H18N2O2. The number of hydrogen-bond donors (Lipinski definition) is 1. The Hall–Kier alpha value is -0.610. The molecule has 0 unspecified atom stereocenters. The van der Waals surface area contributed by atoms with E-state index in [0.717, 1.165) is 38.9 Å². The van der Waals surface area contributed by atoms with Crippen LogP contribution in [0.5, 0.6) is 0 Å². The highest BCUT2D eigenvalue weighted by atomic mass is 16.5. The molecule has 1 heterocycles. The lowest BCUT2D eigenvalue weighted by Gasteiger charge is -2.26. The summed E-state index contributed by atoms with van der Waals surface area (Å²) in [7, 11) is 0. The van der Waals surface area contributed by atoms with Crippen LogP contribution in [0.25, 0.3) is 0 Å². The van der Waals surface area contributed by atoms with E-state index >= 15 is 0 Å². The van der Waals surface area contributed by atoms with E-state index in [1.807, 2.05) is 4.90 Å². The molecule has 76 valence electrons. The molecular weight excluding hydrogens is 168 g/mol. The molecule has 0 saturated carbocycles. The zero-order valence-corrected chi connectivity index (χ0v) is 8.00. The number of carbonyl (C=O) groups is 1. The molecule has 1 aliphatic heterocycles. The Kier molecular flexibility index (Phi) is 4.78. The third kappa shape index (κ3) is 3.74. The molecule has 2 N–H and O–H groups in total. The standard InChI is InChI=1S/C9H18N2O2/c10-4-2-1-3-5-11-6-7-13-8-9(11)12/h1-8,10H2. The number of nitrogens with two attached hydrogens (primary N) is 1. The van der Waals surface area contributed by atoms with Gasteiger partial charge >= 0.3 is 0 Å². The zero-order valence-electron chi connectivity index (χ0n) is 8.00. The summed E-state index contributed by atoms with van der Waals surface area (Å²) < 4.78 is 5.03. The fraction of sp³-hybridized carbons (Fsp3) is 0.889. The van der Waals surface area contributed by atoms with Gasteiger partial charge in [-0.2, -0.15) is 0 Å². The van der Waals surface area contributed by atoms with Crippen LogP contribution in [0.4, 0.5) is 0 Å². The van der Waals surface area contributed by atoms with Gasteiger partial charge in [-0.1, -0.05) is 6.42 Å². The molecule has 4 heteroatoms. The van der Waals surface area contributed by atoms with Crippen LogP contribution in [-0.2, 0) is 9.53 Å². The van der Waals surface area contributed by atoms with Crippen molar-refractivity contribution in [3.05, 3.63) is 0 Å². The maximum Gasteiger partial charge on any atom is 0.248 e. The maximum absolute atomic E-state index is 11.2. The lowest BCUT2D eigenvalue weighted by Crippen LogP contribution is -2.41. The van der Waals surface area contributed by atoms with Crippen molar-refractivity contribution in [2.45, 2.75) is 19.3 Å². The number of morpholine rings is 1. The van der Waals surface area contributed by atoms with Gasteiger partial charge in [-0.25, -0.2) is 0 Å². The molecule has 0 atom stereocenters. The maximum atomic E-state index is 11.2. The average Bonchev–Trinajstić information content (AvgIpc) is 2.15. The first kappa shape index (κ1) is 10.5. The van der Waals surface area contributed by atoms with E-state index in [4.69, 9.17) is 10.5 Å². The molecule has 0 bridgehead atoms. The van der Waals surface area contributed by atoms with Crippen molar-refractivity contribution < 1.29 is 9.53 Å². The largest absolute Gasteiger partial charge is 0.370 e. The molecule has 1 rings (SSSR count). The van der Waals surface area contributed by atoms with Crippen molar-refractivity contribution in [3.8, 4) is 0 Å². The summed E-state index contributed by atoms with van der Waals surface area (Å²) in [6.45, 7) is 3.31. The Morgan fingerprint density at radius 1 is 1.38 bits per heavy atom. The van der Waals surface area contributed by atoms with Crippen molar-refractivity contribution in [1.29, 1.82) is 0 Å². The molecule has 1 aliphatic rings. The van der Waals surface area contributed by atoms with Gasteiger partial charge in [0.1, 0.15) is 6.61 Å². The first-order valence-corrected chi connectivity index (χ1v) is 4.90. The van der Waals surface area contributed by atoms with Crippen LogP contribution in [0, 0.1) is 0 Å². The van der Waals surface area contributed by atoms with Gasteiger partial charge in [0.25, 0.3) is 0 Å². The van der Waals surface area contributed by atoms with Gasteiger partial charge in [0.2, 0.25) is 5.91 Å². The normalized spacial score (nSPS) is 17.9. The van der Waals surface area contributed by atoms with Crippen molar-refractivity contribution in [3.63, 3.8) is 0 Å². The van der Waals surface area contributed by atoms with Gasteiger partial charge in [0.15, 0.2) is 0 Å². The second-order valence-electron chi connectivity index (χ2n) is 3.28. The van der Waals surface area contributed by atoms with Crippen LogP contribution < -0.4 is 5.73 Å². The Bertz CT molecular complexity index is 162. The van der Waals surface area contributed by atoms with E-state index < -0.39 is 0 Å². The quantitative estimate of drug-likeness (QED) is 0.614. The topological polar surface area (TPSA) is 55.6 Å². The highest BCUT2D eigenvalue weighted by Crippen LogP contribution is 2.02. The van der Waals surface area contributed by atoms with Crippen LogP contribution in [0.3, 0.4) is 0 Å². The average molecular weight is 186 g/mol. The van der Waals surface area contributed by atoms with Gasteiger partial charge in [0, 0.05) is 13.1 Å². The predicted octanol–water partition coefficient (Wildman–Crippen LogP) is -0.0258. The number of unbranched alkanes of at least 4 members (excludes halogenated alkanes) is 2. The molecule has 0 spiro atoms. The van der Waals surface area contributed by atoms with Gasteiger partial charge in [-0.15, -0.1) is 0 Å². The highest BCUT2D eigenvalue weighted by molar-refractivity contribution is 5.77. The number of amides is 1. The van der Waals surface area contributed by atoms with Crippen LogP contribution in [0.15, 0.2) is 0 Å². The molecule has 0 radical (unpaired) electrons. The molecule has 0 aromatic rings. The summed E-state index contributed by atoms with van der Waals surface area (Å²) >= 11 is 0. The van der Waals surface area contributed by atoms with E-state index in [1.54, 1.807) is 0 Å². The second-order valence-corrected chi connectivity index (χ2v) is 3.28. The fourth-order valence-electron chi connectivity index (χ4n) is 1.41. The SMILES string of the molecule is NCCCCCN1CCOCC1=O. The number of carbonyl (C=O) groups excluding carboxylic acids is 1. The Labute approximate surface area is 79.0 Å². The summed E-state index contributed by atoms with van der Waals surface area (Å²) in [5, 5.41) is 0. The molecule has 0 aromatic carbocycles. The van der Waals surface area contributed by atoms with Crippen LogP contribution in [0.2, 0.25) is 0 Å². The molecule has 1 saturated heterocycles. The lowest BCUT2D eigenvalue weighted by atomic mass is 10.2. The summed E-state index contributed by atoms with van der Waals surface area (Å²) in [6, 6.07) is 0. The Morgan fingerprint density at radius 2 is 2.23 bits per heavy atom. The van der Waals surface area contributed by atoms with Gasteiger partial charge in [0.05, 0.1) is 6.61 Å². The fourth-order valence-corrected chi connectivity index (χ4v) is 1.41. The molecule has 0 aliphatic carbocycles. The molecule has 13 heavy (non-hydrogen) atoms. The van der Waals surface area contributed by atoms with Gasteiger partial charge < -0.3 is 15.4 Å². The summed E-state index contributed by atoms with van der Waals surface area (Å²) in [5.74, 6) is 0.124. The van der Waals surface area contributed by atoms with Crippen LogP contribution in [0.1, 0.15) is 19.3 Å². The molecule has 1 fully saturated rings. The molecule has 1 amide bonds. The Balaban J connectivity index is 2.08. The first-order chi connectivity index (χ1) is 6.34. The number of rotatable bonds is 5. The summed E-state index contributed by atoms with van der Waals surface area (Å²) in [5.41, 5.74) is 5.37. The van der Waals surface area contributed by atoms with E-state index in [2.05, 4.69) is 0 Å². The Morgan fingerprint density at radius 3 is 2.92 bits per heavy atom. The monoisotopic (exact) mass is 186 g/mol. The number of ether oxygens (including phenoxy) is 1. The second kappa shape index (κ2) is 5.94. The number of nitrogens with zero attached hydrogens (tertiary/aromatic N) is 1. The van der Waals surface area contributed by atoms with E-state index in [9.17, 15) is 4.79 Å². The number of hydrogen-bond acceptors (Lipinski definition) is 3. The van der Waals surface area contributed by atoms with Crippen molar-refractivity contribution in [2.75, 3.05) is 32.8 Å². The minimum absolute atomic E-state index is 0.124. The highest BCUT2D eigenvalue weighted by Gasteiger charge is 2.17. The zero-order chi connectivity index (χ0) is 9.52. The van der Waals surface area contributed by atoms with Crippen LogP contribution in [-0.4, -0.2) is 43.7 Å². The molecule has 4 nitrogen and oxygen atoms in total. The summed E-state index contributed by atoms with van der Waals surface area (Å²) in [4.78, 5) is 13.1. The first-order valence-electron chi connectivity index (χ1n) is 4.90. The van der Waals surface area contributed by atoms with Gasteiger partial charge in [-0.05, 0) is 19.4 Å². The third-order valence-electron chi connectivity index (χ3n) is 2.22. The van der Waals surface area contributed by atoms with E-state index in [-0.39, 0.29) is 12.5 Å². The summed E-state index contributed by atoms with van der Waals surface area (Å²) in [6.07, 6.45) is 3.22. The predicted molar refractivity (Wildman–Crippen MR) is 50.3 cm³/mol. The lowest BCUT2D eigenvalue weighted by molar-refractivity contribution is -0.142. The van der Waals surface area contributed by atoms with E-state index in [1.165, 1.54) is 0 Å². The minimum atomic E-state index is 0.124. The third-order valence-corrected chi connectivity index (χ3v) is 2.22. The molecule has 0 aromatic heterocycles. The van der Waals surface area contributed by atoms with E-state index in [0.29, 0.717) is 6.61 Å². The van der Waals surface area contributed by atoms with Crippen molar-refractivity contribution >= 4 is 5.91 Å². The smallest absolute Gasteiger partial charge is 0.248 e. The van der Waals surface area contributed by atoms with Crippen molar-refractivity contribution in [1.82, 2.24) is 4.90 Å². The minimum Gasteiger partial charge on any atom is -0.370 e. The van der Waals surface area contributed by atoms with Gasteiger partial charge in [-0.3, -0.25) is 4.79 Å².